The van der Waals surface area contributed by atoms with E-state index in [-0.39, 0.29) is 30.7 Å². The number of nitrogens with zero attached hydrogens (tertiary/aromatic N) is 2. The SMILES string of the molecule is CC1CCCN(C(=O)CCNC(=O)c2ccc(Cl)cc2N2CCCC2=O)C1. The average Bonchev–Trinajstić information content (AvgIpc) is 3.07. The summed E-state index contributed by atoms with van der Waals surface area (Å²) in [6.07, 6.45) is 3.74. The smallest absolute Gasteiger partial charge is 0.253 e. The standard InChI is InChI=1S/C20H26ClN3O3/c1-14-4-2-10-23(13-14)18(25)8-9-22-20(27)16-7-6-15(21)12-17(16)24-11-3-5-19(24)26/h6-7,12,14H,2-5,8-11,13H2,1H3,(H,22,27). The third-order valence-electron chi connectivity index (χ3n) is 5.20. The number of amides is 3. The lowest BCUT2D eigenvalue weighted by Crippen LogP contribution is -2.40. The molecule has 2 fully saturated rings. The van der Waals surface area contributed by atoms with Gasteiger partial charge in [-0.3, -0.25) is 14.4 Å². The van der Waals surface area contributed by atoms with Crippen LogP contribution in [0, 0.1) is 5.92 Å². The Morgan fingerprint density at radius 2 is 2.07 bits per heavy atom. The van der Waals surface area contributed by atoms with E-state index in [0.717, 1.165) is 32.4 Å². The molecule has 3 rings (SSSR count). The highest BCUT2D eigenvalue weighted by atomic mass is 35.5. The Balaban J connectivity index is 1.59. The molecular formula is C20H26ClN3O3. The maximum absolute atomic E-state index is 12.6. The van der Waals surface area contributed by atoms with Crippen molar-refractivity contribution in [2.24, 2.45) is 5.92 Å². The van der Waals surface area contributed by atoms with Crippen LogP contribution in [0.2, 0.25) is 5.02 Å². The third-order valence-corrected chi connectivity index (χ3v) is 5.44. The number of hydrogen-bond donors (Lipinski definition) is 1. The van der Waals surface area contributed by atoms with Gasteiger partial charge in [0.1, 0.15) is 0 Å². The number of piperidine rings is 1. The predicted molar refractivity (Wildman–Crippen MR) is 105 cm³/mol. The summed E-state index contributed by atoms with van der Waals surface area (Å²) in [7, 11) is 0. The summed E-state index contributed by atoms with van der Waals surface area (Å²) in [4.78, 5) is 40.5. The third kappa shape index (κ3) is 4.80. The molecule has 0 aromatic heterocycles. The Bertz CT molecular complexity index is 737. The van der Waals surface area contributed by atoms with Crippen molar-refractivity contribution in [2.45, 2.75) is 39.0 Å². The van der Waals surface area contributed by atoms with Gasteiger partial charge in [0.2, 0.25) is 11.8 Å². The first kappa shape index (κ1) is 19.7. The van der Waals surface area contributed by atoms with Gasteiger partial charge in [0.15, 0.2) is 0 Å². The minimum absolute atomic E-state index is 0.000660. The van der Waals surface area contributed by atoms with Gasteiger partial charge in [0, 0.05) is 44.0 Å². The molecule has 6 nitrogen and oxygen atoms in total. The van der Waals surface area contributed by atoms with E-state index >= 15 is 0 Å². The Hall–Kier alpha value is -2.08. The monoisotopic (exact) mass is 391 g/mol. The van der Waals surface area contributed by atoms with Gasteiger partial charge in [-0.1, -0.05) is 18.5 Å². The molecule has 2 aliphatic heterocycles. The summed E-state index contributed by atoms with van der Waals surface area (Å²) in [6, 6.07) is 4.92. The molecule has 1 atom stereocenters. The highest BCUT2D eigenvalue weighted by Gasteiger charge is 2.26. The van der Waals surface area contributed by atoms with Crippen LogP contribution in [-0.4, -0.2) is 48.8 Å². The lowest BCUT2D eigenvalue weighted by molar-refractivity contribution is -0.132. The second-order valence-electron chi connectivity index (χ2n) is 7.40. The van der Waals surface area contributed by atoms with Gasteiger partial charge in [0.25, 0.3) is 5.91 Å². The fraction of sp³-hybridized carbons (Fsp3) is 0.550. The number of rotatable bonds is 5. The molecule has 2 saturated heterocycles. The molecule has 1 aromatic carbocycles. The average molecular weight is 392 g/mol. The van der Waals surface area contributed by atoms with Crippen molar-refractivity contribution in [3.8, 4) is 0 Å². The molecule has 7 heteroatoms. The summed E-state index contributed by atoms with van der Waals surface area (Å²) >= 11 is 6.07. The van der Waals surface area contributed by atoms with Crippen LogP contribution in [0.15, 0.2) is 18.2 Å². The predicted octanol–water partition coefficient (Wildman–Crippen LogP) is 2.85. The van der Waals surface area contributed by atoms with Gasteiger partial charge in [-0.2, -0.15) is 0 Å². The minimum Gasteiger partial charge on any atom is -0.351 e. The first-order valence-electron chi connectivity index (χ1n) is 9.61. The van der Waals surface area contributed by atoms with Crippen LogP contribution in [0.25, 0.3) is 0 Å². The van der Waals surface area contributed by atoms with Crippen molar-refractivity contribution in [2.75, 3.05) is 31.1 Å². The van der Waals surface area contributed by atoms with Crippen molar-refractivity contribution in [3.05, 3.63) is 28.8 Å². The number of halogens is 1. The highest BCUT2D eigenvalue weighted by molar-refractivity contribution is 6.31. The molecule has 1 N–H and O–H groups in total. The topological polar surface area (TPSA) is 69.7 Å². The van der Waals surface area contributed by atoms with Gasteiger partial charge in [-0.05, 0) is 43.4 Å². The highest BCUT2D eigenvalue weighted by Crippen LogP contribution is 2.28. The maximum Gasteiger partial charge on any atom is 0.253 e. The van der Waals surface area contributed by atoms with Gasteiger partial charge < -0.3 is 15.1 Å². The van der Waals surface area contributed by atoms with Crippen molar-refractivity contribution in [1.29, 1.82) is 0 Å². The number of carbonyl (C=O) groups excluding carboxylic acids is 3. The van der Waals surface area contributed by atoms with Crippen molar-refractivity contribution in [1.82, 2.24) is 10.2 Å². The van der Waals surface area contributed by atoms with Crippen LogP contribution in [0.5, 0.6) is 0 Å². The number of benzene rings is 1. The van der Waals surface area contributed by atoms with Crippen LogP contribution >= 0.6 is 11.6 Å². The second kappa shape index (κ2) is 8.74. The van der Waals surface area contributed by atoms with Crippen molar-refractivity contribution in [3.63, 3.8) is 0 Å². The zero-order valence-corrected chi connectivity index (χ0v) is 16.4. The Morgan fingerprint density at radius 3 is 2.78 bits per heavy atom. The number of hydrogen-bond acceptors (Lipinski definition) is 3. The van der Waals surface area contributed by atoms with Gasteiger partial charge in [0.05, 0.1) is 11.3 Å². The van der Waals surface area contributed by atoms with Crippen LogP contribution in [0.1, 0.15) is 49.4 Å². The van der Waals surface area contributed by atoms with E-state index in [0.29, 0.717) is 35.2 Å². The molecule has 3 amide bonds. The van der Waals surface area contributed by atoms with E-state index in [1.165, 1.54) is 0 Å². The number of anilines is 1. The van der Waals surface area contributed by atoms with E-state index in [1.54, 1.807) is 23.1 Å². The molecule has 1 aromatic rings. The molecule has 2 heterocycles. The maximum atomic E-state index is 12.6. The van der Waals surface area contributed by atoms with E-state index in [1.807, 2.05) is 4.90 Å². The fourth-order valence-electron chi connectivity index (χ4n) is 3.78. The molecule has 2 aliphatic rings. The van der Waals surface area contributed by atoms with E-state index in [4.69, 9.17) is 11.6 Å². The fourth-order valence-corrected chi connectivity index (χ4v) is 3.94. The lowest BCUT2D eigenvalue weighted by Gasteiger charge is -2.31. The molecule has 0 bridgehead atoms. The van der Waals surface area contributed by atoms with Crippen LogP contribution in [0.3, 0.4) is 0 Å². The van der Waals surface area contributed by atoms with Crippen LogP contribution < -0.4 is 10.2 Å². The molecule has 27 heavy (non-hydrogen) atoms. The quantitative estimate of drug-likeness (QED) is 0.839. The number of likely N-dealkylation sites (tertiary alicyclic amines) is 1. The van der Waals surface area contributed by atoms with Gasteiger partial charge in [-0.15, -0.1) is 0 Å². The summed E-state index contributed by atoms with van der Waals surface area (Å²) in [5.74, 6) is 0.321. The molecule has 0 radical (unpaired) electrons. The Morgan fingerprint density at radius 1 is 1.26 bits per heavy atom. The van der Waals surface area contributed by atoms with E-state index in [2.05, 4.69) is 12.2 Å². The van der Waals surface area contributed by atoms with E-state index < -0.39 is 0 Å². The molecule has 146 valence electrons. The Kier molecular flexibility index (Phi) is 6.37. The molecule has 1 unspecified atom stereocenters. The Labute approximate surface area is 164 Å². The summed E-state index contributed by atoms with van der Waals surface area (Å²) in [5.41, 5.74) is 0.951. The van der Waals surface area contributed by atoms with Crippen LogP contribution in [0.4, 0.5) is 5.69 Å². The largest absolute Gasteiger partial charge is 0.351 e. The molecule has 0 saturated carbocycles. The second-order valence-corrected chi connectivity index (χ2v) is 7.84. The van der Waals surface area contributed by atoms with Gasteiger partial charge in [-0.25, -0.2) is 0 Å². The first-order chi connectivity index (χ1) is 13.0. The van der Waals surface area contributed by atoms with E-state index in [9.17, 15) is 14.4 Å². The van der Waals surface area contributed by atoms with Crippen molar-refractivity contribution < 1.29 is 14.4 Å². The number of nitrogens with one attached hydrogen (secondary N) is 1. The number of carbonyl (C=O) groups is 3. The lowest BCUT2D eigenvalue weighted by atomic mass is 10.00. The molecule has 0 aliphatic carbocycles. The zero-order valence-electron chi connectivity index (χ0n) is 15.7. The minimum atomic E-state index is -0.291. The normalized spacial score (nSPS) is 20.1. The summed E-state index contributed by atoms with van der Waals surface area (Å²) in [6.45, 7) is 4.62. The van der Waals surface area contributed by atoms with Crippen molar-refractivity contribution >= 4 is 35.0 Å². The summed E-state index contributed by atoms with van der Waals surface area (Å²) in [5, 5.41) is 3.29. The van der Waals surface area contributed by atoms with Crippen LogP contribution in [-0.2, 0) is 9.59 Å². The molecule has 0 spiro atoms. The summed E-state index contributed by atoms with van der Waals surface area (Å²) < 4.78 is 0. The molecular weight excluding hydrogens is 366 g/mol. The zero-order chi connectivity index (χ0) is 19.4. The first-order valence-corrected chi connectivity index (χ1v) is 9.99. The van der Waals surface area contributed by atoms with Gasteiger partial charge >= 0.3 is 0 Å².